The number of furan rings is 1. The maximum absolute atomic E-state index is 11.3. The van der Waals surface area contributed by atoms with Crippen LogP contribution in [-0.2, 0) is 18.3 Å². The van der Waals surface area contributed by atoms with Gasteiger partial charge in [-0.1, -0.05) is 0 Å². The number of hydrogen-bond acceptors (Lipinski definition) is 5. The highest BCUT2D eigenvalue weighted by Gasteiger charge is 2.13. The van der Waals surface area contributed by atoms with E-state index in [0.717, 1.165) is 16.7 Å². The van der Waals surface area contributed by atoms with Crippen molar-refractivity contribution in [3.63, 3.8) is 0 Å². The van der Waals surface area contributed by atoms with Crippen LogP contribution in [0.15, 0.2) is 22.7 Å². The van der Waals surface area contributed by atoms with Crippen molar-refractivity contribution >= 4 is 17.0 Å². The summed E-state index contributed by atoms with van der Waals surface area (Å²) in [4.78, 5) is 11.3. The van der Waals surface area contributed by atoms with Crippen LogP contribution in [0.5, 0.6) is 0 Å². The molecule has 0 saturated carbocycles. The number of aryl methyl sites for hydroxylation is 2. The van der Waals surface area contributed by atoms with Gasteiger partial charge >= 0.3 is 5.97 Å². The van der Waals surface area contributed by atoms with E-state index >= 15 is 0 Å². The molecule has 0 atom stereocenters. The summed E-state index contributed by atoms with van der Waals surface area (Å²) in [7, 11) is 3.20. The molecule has 0 bridgehead atoms. The Morgan fingerprint density at radius 1 is 1.40 bits per heavy atom. The summed E-state index contributed by atoms with van der Waals surface area (Å²) in [5.74, 6) is 0.350. The second kappa shape index (κ2) is 4.52. The number of nitrogens with zero attached hydrogens (tertiary/aromatic N) is 4. The topological polar surface area (TPSA) is 75.1 Å². The molecule has 0 N–H and O–H groups in total. The third-order valence-electron chi connectivity index (χ3n) is 3.10. The van der Waals surface area contributed by atoms with Crippen molar-refractivity contribution < 1.29 is 13.9 Å². The zero-order valence-corrected chi connectivity index (χ0v) is 11.5. The first-order chi connectivity index (χ1) is 9.58. The lowest BCUT2D eigenvalue weighted by atomic mass is 10.4. The fourth-order valence-electron chi connectivity index (χ4n) is 2.15. The van der Waals surface area contributed by atoms with Gasteiger partial charge in [-0.3, -0.25) is 9.36 Å². The molecule has 0 radical (unpaired) electrons. The van der Waals surface area contributed by atoms with Crippen molar-refractivity contribution in [2.45, 2.75) is 13.5 Å². The van der Waals surface area contributed by atoms with Crippen LogP contribution in [0.2, 0.25) is 0 Å². The Hall–Kier alpha value is -2.57. The molecule has 0 aliphatic carbocycles. The Balaban J connectivity index is 1.87. The van der Waals surface area contributed by atoms with E-state index in [4.69, 9.17) is 4.42 Å². The highest BCUT2D eigenvalue weighted by molar-refractivity contribution is 5.86. The predicted octanol–water partition coefficient (Wildman–Crippen LogP) is 1.51. The zero-order chi connectivity index (χ0) is 14.3. The van der Waals surface area contributed by atoms with Crippen molar-refractivity contribution in [1.82, 2.24) is 19.6 Å². The molecular weight excluding hydrogens is 260 g/mol. The Morgan fingerprint density at radius 2 is 2.20 bits per heavy atom. The largest absolute Gasteiger partial charge is 0.463 e. The lowest BCUT2D eigenvalue weighted by Crippen LogP contribution is -2.01. The summed E-state index contributed by atoms with van der Waals surface area (Å²) < 4.78 is 13.6. The van der Waals surface area contributed by atoms with Gasteiger partial charge in [-0.15, -0.1) is 0 Å². The molecule has 3 heterocycles. The second-order valence-electron chi connectivity index (χ2n) is 4.53. The second-order valence-corrected chi connectivity index (χ2v) is 4.53. The van der Waals surface area contributed by atoms with Crippen LogP contribution < -0.4 is 0 Å². The molecule has 7 nitrogen and oxygen atoms in total. The summed E-state index contributed by atoms with van der Waals surface area (Å²) in [6.45, 7) is 2.37. The SMILES string of the molecule is COC(=O)c1ccc(Cn2cc3c(n2)c(C)nn3C)o1. The zero-order valence-electron chi connectivity index (χ0n) is 11.5. The molecule has 0 aliphatic heterocycles. The number of carbonyl (C=O) groups excluding carboxylic acids is 1. The quantitative estimate of drug-likeness (QED) is 0.677. The Morgan fingerprint density at radius 3 is 2.90 bits per heavy atom. The van der Waals surface area contributed by atoms with E-state index < -0.39 is 5.97 Å². The molecule has 0 amide bonds. The minimum Gasteiger partial charge on any atom is -0.463 e. The number of aromatic nitrogens is 4. The van der Waals surface area contributed by atoms with Crippen LogP contribution in [0.4, 0.5) is 0 Å². The van der Waals surface area contributed by atoms with E-state index in [1.165, 1.54) is 7.11 Å². The molecule has 0 unspecified atom stereocenters. The average molecular weight is 274 g/mol. The van der Waals surface area contributed by atoms with Crippen LogP contribution in [0.3, 0.4) is 0 Å². The maximum Gasteiger partial charge on any atom is 0.373 e. The third-order valence-corrected chi connectivity index (χ3v) is 3.10. The number of methoxy groups -OCH3 is 1. The molecule has 3 aromatic heterocycles. The van der Waals surface area contributed by atoms with Crippen molar-refractivity contribution in [1.29, 1.82) is 0 Å². The first kappa shape index (κ1) is 12.5. The minimum atomic E-state index is -0.484. The molecule has 0 aromatic carbocycles. The van der Waals surface area contributed by atoms with Gasteiger partial charge in [0.1, 0.15) is 16.8 Å². The van der Waals surface area contributed by atoms with Crippen molar-refractivity contribution in [2.24, 2.45) is 7.05 Å². The van der Waals surface area contributed by atoms with E-state index in [2.05, 4.69) is 14.9 Å². The van der Waals surface area contributed by atoms with Gasteiger partial charge < -0.3 is 9.15 Å². The maximum atomic E-state index is 11.3. The van der Waals surface area contributed by atoms with E-state index in [-0.39, 0.29) is 5.76 Å². The number of ether oxygens (including phenoxy) is 1. The van der Waals surface area contributed by atoms with Gasteiger partial charge in [0.15, 0.2) is 0 Å². The van der Waals surface area contributed by atoms with Crippen LogP contribution in [0.1, 0.15) is 22.0 Å². The van der Waals surface area contributed by atoms with Crippen molar-refractivity contribution in [2.75, 3.05) is 7.11 Å². The molecule has 0 saturated heterocycles. The lowest BCUT2D eigenvalue weighted by molar-refractivity contribution is 0.0563. The molecule has 0 aliphatic rings. The summed E-state index contributed by atoms with van der Waals surface area (Å²) in [5, 5.41) is 8.75. The van der Waals surface area contributed by atoms with Gasteiger partial charge in [0, 0.05) is 7.05 Å². The number of rotatable bonds is 3. The fraction of sp³-hybridized carbons (Fsp3) is 0.308. The number of hydrogen-bond donors (Lipinski definition) is 0. The molecular formula is C13H14N4O3. The first-order valence-electron chi connectivity index (χ1n) is 6.12. The molecule has 104 valence electrons. The standard InChI is InChI=1S/C13H14N4O3/c1-8-12-10(16(2)14-8)7-17(15-12)6-9-4-5-11(20-9)13(18)19-3/h4-5,7H,6H2,1-3H3. The highest BCUT2D eigenvalue weighted by Crippen LogP contribution is 2.16. The van der Waals surface area contributed by atoms with Crippen molar-refractivity contribution in [3.05, 3.63) is 35.5 Å². The van der Waals surface area contributed by atoms with Crippen LogP contribution in [0.25, 0.3) is 11.0 Å². The summed E-state index contributed by atoms with van der Waals surface area (Å²) in [5.41, 5.74) is 2.71. The van der Waals surface area contributed by atoms with E-state index in [0.29, 0.717) is 12.3 Å². The van der Waals surface area contributed by atoms with E-state index in [1.807, 2.05) is 20.2 Å². The van der Waals surface area contributed by atoms with Gasteiger partial charge in [0.25, 0.3) is 0 Å². The van der Waals surface area contributed by atoms with Crippen LogP contribution in [-0.4, -0.2) is 32.6 Å². The smallest absolute Gasteiger partial charge is 0.373 e. The minimum absolute atomic E-state index is 0.192. The van der Waals surface area contributed by atoms with E-state index in [1.54, 1.807) is 21.5 Å². The summed E-state index contributed by atoms with van der Waals surface area (Å²) in [6.07, 6.45) is 1.90. The monoisotopic (exact) mass is 274 g/mol. The number of esters is 1. The Bertz CT molecular complexity index is 746. The fourth-order valence-corrected chi connectivity index (χ4v) is 2.15. The molecule has 3 rings (SSSR count). The number of carbonyl (C=O) groups is 1. The summed E-state index contributed by atoms with van der Waals surface area (Å²) in [6, 6.07) is 3.33. The Labute approximate surface area is 114 Å². The average Bonchev–Trinajstić information content (AvgIpc) is 3.09. The van der Waals surface area contributed by atoms with Gasteiger partial charge in [-0.25, -0.2) is 4.79 Å². The number of fused-ring (bicyclic) bond motifs is 1. The van der Waals surface area contributed by atoms with Gasteiger partial charge in [-0.2, -0.15) is 10.2 Å². The first-order valence-corrected chi connectivity index (χ1v) is 6.12. The molecule has 20 heavy (non-hydrogen) atoms. The van der Waals surface area contributed by atoms with Crippen molar-refractivity contribution in [3.8, 4) is 0 Å². The molecule has 3 aromatic rings. The van der Waals surface area contributed by atoms with E-state index in [9.17, 15) is 4.79 Å². The molecule has 7 heteroatoms. The lowest BCUT2D eigenvalue weighted by Gasteiger charge is -1.98. The third kappa shape index (κ3) is 1.97. The van der Waals surface area contributed by atoms with Gasteiger partial charge in [-0.05, 0) is 19.1 Å². The molecule has 0 spiro atoms. The van der Waals surface area contributed by atoms with Gasteiger partial charge in [0.05, 0.1) is 25.5 Å². The molecule has 0 fully saturated rings. The highest BCUT2D eigenvalue weighted by atomic mass is 16.5. The van der Waals surface area contributed by atoms with Crippen LogP contribution in [0, 0.1) is 6.92 Å². The van der Waals surface area contributed by atoms with Gasteiger partial charge in [0.2, 0.25) is 5.76 Å². The Kier molecular flexibility index (Phi) is 2.81. The normalized spacial score (nSPS) is 11.2. The van der Waals surface area contributed by atoms with Crippen LogP contribution >= 0.6 is 0 Å². The predicted molar refractivity (Wildman–Crippen MR) is 70.4 cm³/mol. The summed E-state index contributed by atoms with van der Waals surface area (Å²) >= 11 is 0.